The number of halogens is 2. The van der Waals surface area contributed by atoms with Crippen molar-refractivity contribution < 1.29 is 14.3 Å². The summed E-state index contributed by atoms with van der Waals surface area (Å²) in [5.41, 5.74) is 3.76. The minimum absolute atomic E-state index is 0.101. The summed E-state index contributed by atoms with van der Waals surface area (Å²) in [7, 11) is 0. The van der Waals surface area contributed by atoms with Crippen molar-refractivity contribution in [1.29, 1.82) is 0 Å². The number of ether oxygens (including phenoxy) is 1. The minimum atomic E-state index is -0.342. The van der Waals surface area contributed by atoms with Gasteiger partial charge in [0.05, 0.1) is 11.4 Å². The van der Waals surface area contributed by atoms with E-state index in [0.29, 0.717) is 27.1 Å². The highest BCUT2D eigenvalue weighted by atomic mass is 35.5. The number of rotatable bonds is 6. The van der Waals surface area contributed by atoms with E-state index >= 15 is 0 Å². The van der Waals surface area contributed by atoms with Gasteiger partial charge >= 0.3 is 0 Å². The molecule has 0 N–H and O–H groups in total. The van der Waals surface area contributed by atoms with Crippen LogP contribution in [0.1, 0.15) is 22.3 Å². The summed E-state index contributed by atoms with van der Waals surface area (Å²) in [4.78, 5) is 26.7. The monoisotopic (exact) mass is 483 g/mol. The van der Waals surface area contributed by atoms with Gasteiger partial charge in [0.2, 0.25) is 0 Å². The lowest BCUT2D eigenvalue weighted by Gasteiger charge is -2.13. The largest absolute Gasteiger partial charge is 0.489 e. The van der Waals surface area contributed by atoms with Crippen LogP contribution in [0.2, 0.25) is 10.0 Å². The van der Waals surface area contributed by atoms with Crippen molar-refractivity contribution in [2.45, 2.75) is 20.1 Å². The Hall–Kier alpha value is -2.73. The second-order valence-corrected chi connectivity index (χ2v) is 9.19. The molecule has 1 fully saturated rings. The summed E-state index contributed by atoms with van der Waals surface area (Å²) >= 11 is 13.0. The van der Waals surface area contributed by atoms with Gasteiger partial charge in [-0.3, -0.25) is 14.5 Å². The van der Waals surface area contributed by atoms with E-state index in [1.807, 2.05) is 49.4 Å². The van der Waals surface area contributed by atoms with Crippen LogP contribution in [0.25, 0.3) is 6.08 Å². The van der Waals surface area contributed by atoms with E-state index in [2.05, 4.69) is 6.07 Å². The van der Waals surface area contributed by atoms with Gasteiger partial charge in [-0.2, -0.15) is 0 Å². The third kappa shape index (κ3) is 5.36. The fourth-order valence-corrected chi connectivity index (χ4v) is 4.54. The van der Waals surface area contributed by atoms with Gasteiger partial charge in [0.1, 0.15) is 12.4 Å². The molecule has 1 aliphatic heterocycles. The van der Waals surface area contributed by atoms with Gasteiger partial charge in [0, 0.05) is 10.0 Å². The predicted octanol–water partition coefficient (Wildman–Crippen LogP) is 7.12. The summed E-state index contributed by atoms with van der Waals surface area (Å²) in [5, 5.41) is 0.589. The Morgan fingerprint density at radius 3 is 2.50 bits per heavy atom. The zero-order valence-electron chi connectivity index (χ0n) is 17.2. The van der Waals surface area contributed by atoms with Gasteiger partial charge in [-0.15, -0.1) is 0 Å². The van der Waals surface area contributed by atoms with Crippen LogP contribution < -0.4 is 4.74 Å². The van der Waals surface area contributed by atoms with Crippen LogP contribution in [-0.2, 0) is 17.9 Å². The zero-order chi connectivity index (χ0) is 22.7. The summed E-state index contributed by atoms with van der Waals surface area (Å²) < 4.78 is 5.84. The van der Waals surface area contributed by atoms with Gasteiger partial charge in [-0.25, -0.2) is 0 Å². The Bertz CT molecular complexity index is 1210. The van der Waals surface area contributed by atoms with Crippen LogP contribution in [-0.4, -0.2) is 16.0 Å². The first kappa shape index (κ1) is 22.5. The molecule has 32 heavy (non-hydrogen) atoms. The number of amides is 2. The summed E-state index contributed by atoms with van der Waals surface area (Å²) in [6.07, 6.45) is 1.71. The van der Waals surface area contributed by atoms with Crippen molar-refractivity contribution in [2.24, 2.45) is 0 Å². The van der Waals surface area contributed by atoms with Crippen molar-refractivity contribution in [2.75, 3.05) is 0 Å². The van der Waals surface area contributed by atoms with Gasteiger partial charge in [-0.05, 0) is 65.7 Å². The first-order valence-corrected chi connectivity index (χ1v) is 11.4. The number of thioether (sulfide) groups is 1. The number of hydrogen-bond donors (Lipinski definition) is 0. The minimum Gasteiger partial charge on any atom is -0.489 e. The lowest BCUT2D eigenvalue weighted by molar-refractivity contribution is -0.123. The maximum Gasteiger partial charge on any atom is 0.293 e. The predicted molar refractivity (Wildman–Crippen MR) is 130 cm³/mol. The van der Waals surface area contributed by atoms with Crippen molar-refractivity contribution in [3.63, 3.8) is 0 Å². The lowest BCUT2D eigenvalue weighted by atomic mass is 10.1. The van der Waals surface area contributed by atoms with Crippen LogP contribution in [0.4, 0.5) is 4.79 Å². The molecule has 1 aliphatic rings. The van der Waals surface area contributed by atoms with Gasteiger partial charge < -0.3 is 4.74 Å². The quantitative estimate of drug-likeness (QED) is 0.350. The Kier molecular flexibility index (Phi) is 6.89. The molecule has 2 amide bonds. The van der Waals surface area contributed by atoms with Crippen LogP contribution in [0, 0.1) is 6.92 Å². The molecule has 7 heteroatoms. The molecule has 3 aromatic carbocycles. The van der Waals surface area contributed by atoms with Crippen molar-refractivity contribution in [1.82, 2.24) is 4.90 Å². The van der Waals surface area contributed by atoms with E-state index in [0.717, 1.165) is 28.6 Å². The van der Waals surface area contributed by atoms with Gasteiger partial charge in [0.25, 0.3) is 11.1 Å². The average Bonchev–Trinajstić information content (AvgIpc) is 3.02. The lowest BCUT2D eigenvalue weighted by Crippen LogP contribution is -2.27. The van der Waals surface area contributed by atoms with E-state index < -0.39 is 0 Å². The molecule has 0 aliphatic carbocycles. The van der Waals surface area contributed by atoms with Crippen LogP contribution in [0.3, 0.4) is 0 Å². The topological polar surface area (TPSA) is 46.6 Å². The normalized spacial score (nSPS) is 15.0. The third-order valence-electron chi connectivity index (χ3n) is 4.88. The van der Waals surface area contributed by atoms with E-state index in [9.17, 15) is 9.59 Å². The second kappa shape index (κ2) is 9.82. The Morgan fingerprint density at radius 1 is 1.00 bits per heavy atom. The highest BCUT2D eigenvalue weighted by molar-refractivity contribution is 8.18. The van der Waals surface area contributed by atoms with E-state index in [1.54, 1.807) is 24.3 Å². The van der Waals surface area contributed by atoms with E-state index in [-0.39, 0.29) is 17.7 Å². The number of benzene rings is 3. The number of carbonyl (C=O) groups excluding carboxylic acids is 2. The van der Waals surface area contributed by atoms with Crippen LogP contribution >= 0.6 is 35.0 Å². The molecule has 0 atom stereocenters. The molecule has 0 bridgehead atoms. The Morgan fingerprint density at radius 2 is 1.78 bits per heavy atom. The molecule has 162 valence electrons. The Labute approximate surface area is 200 Å². The van der Waals surface area contributed by atoms with Gasteiger partial charge in [-0.1, -0.05) is 71.2 Å². The maximum atomic E-state index is 12.8. The second-order valence-electron chi connectivity index (χ2n) is 7.35. The first-order chi connectivity index (χ1) is 15.4. The van der Waals surface area contributed by atoms with E-state index in [1.165, 1.54) is 10.5 Å². The van der Waals surface area contributed by atoms with Crippen molar-refractivity contribution in [3.8, 4) is 5.75 Å². The molecule has 0 radical (unpaired) electrons. The van der Waals surface area contributed by atoms with E-state index in [4.69, 9.17) is 27.9 Å². The molecule has 4 rings (SSSR count). The highest BCUT2D eigenvalue weighted by Crippen LogP contribution is 2.34. The average molecular weight is 484 g/mol. The van der Waals surface area contributed by atoms with Crippen LogP contribution in [0.15, 0.2) is 71.6 Å². The maximum absolute atomic E-state index is 12.8. The standard InChI is InChI=1S/C25H19Cl2NO3S/c1-16-3-2-4-18(11-16)15-31-21-9-5-17(6-10-21)12-23-24(29)28(25(30)32-23)14-19-7-8-20(26)13-22(19)27/h2-13H,14-15H2,1H3/b23-12-. The summed E-state index contributed by atoms with van der Waals surface area (Å²) in [6.45, 7) is 2.63. The summed E-state index contributed by atoms with van der Waals surface area (Å²) in [6, 6.07) is 20.6. The first-order valence-electron chi connectivity index (χ1n) is 9.87. The summed E-state index contributed by atoms with van der Waals surface area (Å²) in [5.74, 6) is 0.389. The third-order valence-corrected chi connectivity index (χ3v) is 6.38. The molecular formula is C25H19Cl2NO3S. The van der Waals surface area contributed by atoms with Crippen molar-refractivity contribution in [3.05, 3.63) is 104 Å². The fraction of sp³-hybridized carbons (Fsp3) is 0.120. The molecular weight excluding hydrogens is 465 g/mol. The molecule has 0 spiro atoms. The number of nitrogens with zero attached hydrogens (tertiary/aromatic N) is 1. The molecule has 0 saturated carbocycles. The fourth-order valence-electron chi connectivity index (χ4n) is 3.24. The van der Waals surface area contributed by atoms with Crippen LogP contribution in [0.5, 0.6) is 5.75 Å². The molecule has 3 aromatic rings. The molecule has 1 saturated heterocycles. The number of carbonyl (C=O) groups is 2. The molecule has 0 aromatic heterocycles. The number of imide groups is 1. The highest BCUT2D eigenvalue weighted by Gasteiger charge is 2.35. The molecule has 0 unspecified atom stereocenters. The zero-order valence-corrected chi connectivity index (χ0v) is 19.5. The number of aryl methyl sites for hydroxylation is 1. The SMILES string of the molecule is Cc1cccc(COc2ccc(/C=C3\SC(=O)N(Cc4ccc(Cl)cc4Cl)C3=O)cc2)c1. The number of hydrogen-bond acceptors (Lipinski definition) is 4. The smallest absolute Gasteiger partial charge is 0.293 e. The molecule has 1 heterocycles. The van der Waals surface area contributed by atoms with Crippen molar-refractivity contribution >= 4 is 52.2 Å². The van der Waals surface area contributed by atoms with Gasteiger partial charge in [0.15, 0.2) is 0 Å². The Balaban J connectivity index is 1.42. The molecule has 4 nitrogen and oxygen atoms in total.